The summed E-state index contributed by atoms with van der Waals surface area (Å²) in [7, 11) is 0. The third kappa shape index (κ3) is 5.76. The average molecular weight is 266 g/mol. The average Bonchev–Trinajstić information content (AvgIpc) is 2.39. The molecule has 0 aliphatic rings. The van der Waals surface area contributed by atoms with E-state index < -0.39 is 6.16 Å². The van der Waals surface area contributed by atoms with Gasteiger partial charge in [0.1, 0.15) is 5.75 Å². The van der Waals surface area contributed by atoms with Crippen molar-refractivity contribution in [1.29, 1.82) is 0 Å². The Morgan fingerprint density at radius 3 is 2.42 bits per heavy atom. The molecular formula is C13H18N2O4. The first-order chi connectivity index (χ1) is 9.15. The van der Waals surface area contributed by atoms with Crippen LogP contribution in [0.4, 0.5) is 15.3 Å². The number of urea groups is 1. The van der Waals surface area contributed by atoms with Gasteiger partial charge in [0.2, 0.25) is 0 Å². The Morgan fingerprint density at radius 1 is 1.16 bits per heavy atom. The molecule has 0 bridgehead atoms. The van der Waals surface area contributed by atoms with Crippen molar-refractivity contribution < 1.29 is 19.1 Å². The monoisotopic (exact) mass is 266 g/mol. The number of carbonyl (C=O) groups is 2. The Hall–Kier alpha value is -2.24. The molecule has 2 amide bonds. The minimum Gasteiger partial charge on any atom is -0.434 e. The molecule has 1 aromatic carbocycles. The van der Waals surface area contributed by atoms with E-state index in [2.05, 4.69) is 15.4 Å². The summed E-state index contributed by atoms with van der Waals surface area (Å²) in [4.78, 5) is 22.5. The molecule has 6 heteroatoms. The van der Waals surface area contributed by atoms with Crippen LogP contribution in [0.25, 0.3) is 0 Å². The quantitative estimate of drug-likeness (QED) is 0.634. The van der Waals surface area contributed by atoms with E-state index in [1.165, 1.54) is 0 Å². The molecule has 6 nitrogen and oxygen atoms in total. The van der Waals surface area contributed by atoms with Gasteiger partial charge in [0.15, 0.2) is 0 Å². The number of benzene rings is 1. The fraction of sp³-hybridized carbons (Fsp3) is 0.385. The second-order valence-electron chi connectivity index (χ2n) is 3.69. The number of amides is 2. The van der Waals surface area contributed by atoms with Crippen LogP contribution in [0, 0.1) is 0 Å². The zero-order chi connectivity index (χ0) is 14.1. The number of carbonyl (C=O) groups excluding carboxylic acids is 2. The SMILES string of the molecule is CCCNC(=O)Nc1ccc(OC(=O)OCC)cc1. The van der Waals surface area contributed by atoms with Gasteiger partial charge in [-0.15, -0.1) is 0 Å². The van der Waals surface area contributed by atoms with E-state index >= 15 is 0 Å². The lowest BCUT2D eigenvalue weighted by molar-refractivity contribution is 0.104. The molecule has 1 aromatic rings. The molecule has 2 N–H and O–H groups in total. The number of ether oxygens (including phenoxy) is 2. The van der Waals surface area contributed by atoms with E-state index in [9.17, 15) is 9.59 Å². The maximum Gasteiger partial charge on any atom is 0.513 e. The Balaban J connectivity index is 2.47. The molecule has 104 valence electrons. The molecule has 0 unspecified atom stereocenters. The minimum absolute atomic E-state index is 0.260. The van der Waals surface area contributed by atoms with E-state index in [4.69, 9.17) is 4.74 Å². The predicted octanol–water partition coefficient (Wildman–Crippen LogP) is 2.75. The fourth-order valence-electron chi connectivity index (χ4n) is 1.26. The summed E-state index contributed by atoms with van der Waals surface area (Å²) in [5.74, 6) is 0.359. The van der Waals surface area contributed by atoms with E-state index in [0.717, 1.165) is 6.42 Å². The van der Waals surface area contributed by atoms with Crippen LogP contribution in [-0.2, 0) is 4.74 Å². The summed E-state index contributed by atoms with van der Waals surface area (Å²) in [5, 5.41) is 5.35. The van der Waals surface area contributed by atoms with Gasteiger partial charge in [0, 0.05) is 12.2 Å². The minimum atomic E-state index is -0.746. The van der Waals surface area contributed by atoms with Crippen molar-refractivity contribution in [3.05, 3.63) is 24.3 Å². The first-order valence-electron chi connectivity index (χ1n) is 6.15. The first kappa shape index (κ1) is 14.8. The maximum atomic E-state index is 11.4. The summed E-state index contributed by atoms with van der Waals surface area (Å²) in [5.41, 5.74) is 0.616. The Kier molecular flexibility index (Phi) is 6.21. The van der Waals surface area contributed by atoms with Gasteiger partial charge >= 0.3 is 12.2 Å². The highest BCUT2D eigenvalue weighted by Crippen LogP contribution is 2.16. The lowest BCUT2D eigenvalue weighted by Crippen LogP contribution is -2.29. The lowest BCUT2D eigenvalue weighted by Gasteiger charge is -2.08. The summed E-state index contributed by atoms with van der Waals surface area (Å²) >= 11 is 0. The van der Waals surface area contributed by atoms with E-state index in [-0.39, 0.29) is 12.6 Å². The first-order valence-corrected chi connectivity index (χ1v) is 6.15. The summed E-state index contributed by atoms with van der Waals surface area (Å²) in [6.45, 7) is 4.55. The number of hydrogen-bond donors (Lipinski definition) is 2. The van der Waals surface area contributed by atoms with Gasteiger partial charge in [-0.25, -0.2) is 9.59 Å². The molecule has 0 aliphatic heterocycles. The summed E-state index contributed by atoms with van der Waals surface area (Å²) < 4.78 is 9.53. The van der Waals surface area contributed by atoms with Crippen LogP contribution in [0.1, 0.15) is 20.3 Å². The normalized spacial score (nSPS) is 9.58. The summed E-state index contributed by atoms with van der Waals surface area (Å²) in [6, 6.07) is 6.17. The second kappa shape index (κ2) is 7.97. The molecule has 0 spiro atoms. The lowest BCUT2D eigenvalue weighted by atomic mass is 10.3. The molecule has 19 heavy (non-hydrogen) atoms. The Labute approximate surface area is 112 Å². The van der Waals surface area contributed by atoms with Crippen molar-refractivity contribution in [2.45, 2.75) is 20.3 Å². The van der Waals surface area contributed by atoms with E-state index in [1.54, 1.807) is 31.2 Å². The van der Waals surface area contributed by atoms with Crippen LogP contribution in [0.5, 0.6) is 5.75 Å². The van der Waals surface area contributed by atoms with Gasteiger partial charge in [-0.1, -0.05) is 6.92 Å². The number of anilines is 1. The highest BCUT2D eigenvalue weighted by Gasteiger charge is 2.05. The third-order valence-corrected chi connectivity index (χ3v) is 2.11. The van der Waals surface area contributed by atoms with Crippen LogP contribution >= 0.6 is 0 Å². The number of rotatable bonds is 5. The zero-order valence-electron chi connectivity index (χ0n) is 11.1. The number of nitrogens with one attached hydrogen (secondary N) is 2. The number of hydrogen-bond acceptors (Lipinski definition) is 4. The molecule has 0 atom stereocenters. The topological polar surface area (TPSA) is 76.7 Å². The van der Waals surface area contributed by atoms with E-state index in [1.807, 2.05) is 6.92 Å². The van der Waals surface area contributed by atoms with Crippen molar-refractivity contribution in [1.82, 2.24) is 5.32 Å². The standard InChI is InChI=1S/C13H18N2O4/c1-3-9-14-12(16)15-10-5-7-11(8-6-10)19-13(17)18-4-2/h5-8H,3-4,9H2,1-2H3,(H2,14,15,16). The molecule has 0 saturated carbocycles. The Bertz CT molecular complexity index is 417. The molecule has 0 saturated heterocycles. The molecule has 1 rings (SSSR count). The highest BCUT2D eigenvalue weighted by atomic mass is 16.7. The van der Waals surface area contributed by atoms with Crippen LogP contribution in [0.15, 0.2) is 24.3 Å². The van der Waals surface area contributed by atoms with Crippen molar-refractivity contribution >= 4 is 17.9 Å². The molecular weight excluding hydrogens is 248 g/mol. The van der Waals surface area contributed by atoms with Crippen molar-refractivity contribution in [2.75, 3.05) is 18.5 Å². The van der Waals surface area contributed by atoms with Crippen LogP contribution in [0.2, 0.25) is 0 Å². The Morgan fingerprint density at radius 2 is 1.84 bits per heavy atom. The van der Waals surface area contributed by atoms with Gasteiger partial charge in [0.25, 0.3) is 0 Å². The molecule has 0 heterocycles. The third-order valence-electron chi connectivity index (χ3n) is 2.11. The van der Waals surface area contributed by atoms with Gasteiger partial charge in [-0.05, 0) is 37.6 Å². The largest absolute Gasteiger partial charge is 0.513 e. The molecule has 0 radical (unpaired) electrons. The predicted molar refractivity (Wildman–Crippen MR) is 71.4 cm³/mol. The van der Waals surface area contributed by atoms with Crippen molar-refractivity contribution in [3.8, 4) is 5.75 Å². The van der Waals surface area contributed by atoms with Crippen molar-refractivity contribution in [3.63, 3.8) is 0 Å². The molecule has 0 fully saturated rings. The van der Waals surface area contributed by atoms with Crippen LogP contribution < -0.4 is 15.4 Å². The molecule has 0 aromatic heterocycles. The smallest absolute Gasteiger partial charge is 0.434 e. The zero-order valence-corrected chi connectivity index (χ0v) is 11.1. The highest BCUT2D eigenvalue weighted by molar-refractivity contribution is 5.89. The summed E-state index contributed by atoms with van der Waals surface area (Å²) in [6.07, 6.45) is 0.128. The van der Waals surface area contributed by atoms with Gasteiger partial charge in [-0.2, -0.15) is 0 Å². The van der Waals surface area contributed by atoms with Gasteiger partial charge in [-0.3, -0.25) is 0 Å². The maximum absolute atomic E-state index is 11.4. The van der Waals surface area contributed by atoms with E-state index in [0.29, 0.717) is 18.0 Å². The van der Waals surface area contributed by atoms with Gasteiger partial charge < -0.3 is 20.1 Å². The molecule has 0 aliphatic carbocycles. The van der Waals surface area contributed by atoms with Crippen LogP contribution in [-0.4, -0.2) is 25.3 Å². The van der Waals surface area contributed by atoms with Crippen molar-refractivity contribution in [2.24, 2.45) is 0 Å². The van der Waals surface area contributed by atoms with Crippen LogP contribution in [0.3, 0.4) is 0 Å². The van der Waals surface area contributed by atoms with Gasteiger partial charge in [0.05, 0.1) is 6.61 Å². The fourth-order valence-corrected chi connectivity index (χ4v) is 1.26. The second-order valence-corrected chi connectivity index (χ2v) is 3.69.